The van der Waals surface area contributed by atoms with Crippen molar-refractivity contribution in [2.45, 2.75) is 38.6 Å². The van der Waals surface area contributed by atoms with Crippen LogP contribution in [0.3, 0.4) is 0 Å². The fraction of sp³-hybridized carbons (Fsp3) is 0.917. The van der Waals surface area contributed by atoms with Crippen LogP contribution in [0.4, 0.5) is 4.79 Å². The molecule has 1 aliphatic carbocycles. The minimum atomic E-state index is 0.0853. The summed E-state index contributed by atoms with van der Waals surface area (Å²) in [6.45, 7) is 7.92. The molecule has 92 valence electrons. The Morgan fingerprint density at radius 2 is 1.94 bits per heavy atom. The fourth-order valence-electron chi connectivity index (χ4n) is 2.56. The van der Waals surface area contributed by atoms with E-state index in [0.717, 1.165) is 39.0 Å². The van der Waals surface area contributed by atoms with Gasteiger partial charge >= 0.3 is 6.03 Å². The number of urea groups is 1. The van der Waals surface area contributed by atoms with Gasteiger partial charge < -0.3 is 15.5 Å². The first-order chi connectivity index (χ1) is 7.64. The molecule has 2 amide bonds. The molecule has 2 N–H and O–H groups in total. The smallest absolute Gasteiger partial charge is 0.317 e. The van der Waals surface area contributed by atoms with Crippen LogP contribution >= 0.6 is 0 Å². The van der Waals surface area contributed by atoms with E-state index in [9.17, 15) is 4.79 Å². The summed E-state index contributed by atoms with van der Waals surface area (Å²) in [6, 6.07) is 0.134. The molecule has 16 heavy (non-hydrogen) atoms. The lowest BCUT2D eigenvalue weighted by atomic mass is 9.69. The quantitative estimate of drug-likeness (QED) is 0.741. The highest BCUT2D eigenvalue weighted by atomic mass is 16.2. The first kappa shape index (κ1) is 11.7. The van der Waals surface area contributed by atoms with Crippen LogP contribution in [0.5, 0.6) is 0 Å². The Balaban J connectivity index is 1.90. The van der Waals surface area contributed by atoms with Crippen molar-refractivity contribution >= 4 is 6.03 Å². The predicted octanol–water partition coefficient (Wildman–Crippen LogP) is 1.18. The van der Waals surface area contributed by atoms with Crippen LogP contribution < -0.4 is 10.6 Å². The van der Waals surface area contributed by atoms with Crippen LogP contribution in [0.2, 0.25) is 0 Å². The summed E-state index contributed by atoms with van der Waals surface area (Å²) in [5, 5.41) is 6.52. The maximum Gasteiger partial charge on any atom is 0.317 e. The third kappa shape index (κ3) is 2.17. The molecule has 2 fully saturated rings. The maximum atomic E-state index is 12.1. The minimum absolute atomic E-state index is 0.0853. The van der Waals surface area contributed by atoms with E-state index in [4.69, 9.17) is 0 Å². The van der Waals surface area contributed by atoms with E-state index in [2.05, 4.69) is 24.5 Å². The van der Waals surface area contributed by atoms with Crippen molar-refractivity contribution in [2.75, 3.05) is 26.2 Å². The van der Waals surface area contributed by atoms with Crippen molar-refractivity contribution in [3.05, 3.63) is 0 Å². The molecule has 2 rings (SSSR count). The molecule has 1 saturated carbocycles. The number of hydrogen-bond donors (Lipinski definition) is 2. The number of carbonyl (C=O) groups is 1. The van der Waals surface area contributed by atoms with Gasteiger partial charge in [-0.2, -0.15) is 0 Å². The molecule has 0 atom stereocenters. The zero-order valence-electron chi connectivity index (χ0n) is 10.4. The van der Waals surface area contributed by atoms with Crippen molar-refractivity contribution in [1.29, 1.82) is 0 Å². The highest BCUT2D eigenvalue weighted by Crippen LogP contribution is 2.38. The Morgan fingerprint density at radius 1 is 1.31 bits per heavy atom. The number of rotatable bonds is 2. The summed E-state index contributed by atoms with van der Waals surface area (Å²) < 4.78 is 0. The first-order valence-electron chi connectivity index (χ1n) is 6.42. The van der Waals surface area contributed by atoms with Crippen LogP contribution in [-0.4, -0.2) is 42.6 Å². The van der Waals surface area contributed by atoms with E-state index < -0.39 is 0 Å². The molecule has 1 saturated heterocycles. The van der Waals surface area contributed by atoms with Crippen LogP contribution in [-0.2, 0) is 0 Å². The van der Waals surface area contributed by atoms with Crippen molar-refractivity contribution in [3.8, 4) is 0 Å². The van der Waals surface area contributed by atoms with Gasteiger partial charge in [0.25, 0.3) is 0 Å². The Bertz CT molecular complexity index is 255. The molecule has 1 heterocycles. The van der Waals surface area contributed by atoms with E-state index in [0.29, 0.717) is 5.92 Å². The van der Waals surface area contributed by atoms with E-state index in [1.165, 1.54) is 6.42 Å². The topological polar surface area (TPSA) is 44.4 Å². The zero-order valence-corrected chi connectivity index (χ0v) is 10.4. The van der Waals surface area contributed by atoms with Gasteiger partial charge in [-0.25, -0.2) is 4.79 Å². The van der Waals surface area contributed by atoms with Gasteiger partial charge in [-0.1, -0.05) is 13.8 Å². The van der Waals surface area contributed by atoms with E-state index in [-0.39, 0.29) is 11.6 Å². The Morgan fingerprint density at radius 3 is 2.38 bits per heavy atom. The van der Waals surface area contributed by atoms with Crippen molar-refractivity contribution in [1.82, 2.24) is 15.5 Å². The highest BCUT2D eigenvalue weighted by Gasteiger charge is 2.41. The van der Waals surface area contributed by atoms with Crippen LogP contribution in [0, 0.1) is 5.92 Å². The molecular weight excluding hydrogens is 202 g/mol. The number of amides is 2. The molecule has 0 aromatic heterocycles. The van der Waals surface area contributed by atoms with Gasteiger partial charge in [-0.15, -0.1) is 0 Å². The van der Waals surface area contributed by atoms with Gasteiger partial charge in [0, 0.05) is 31.7 Å². The molecule has 0 spiro atoms. The maximum absolute atomic E-state index is 12.1. The third-order valence-electron chi connectivity index (χ3n) is 4.11. The lowest BCUT2D eigenvalue weighted by molar-refractivity contribution is 0.111. The number of nitrogens with one attached hydrogen (secondary N) is 2. The highest BCUT2D eigenvalue weighted by molar-refractivity contribution is 5.75. The average molecular weight is 225 g/mol. The summed E-state index contributed by atoms with van der Waals surface area (Å²) >= 11 is 0. The number of piperazine rings is 1. The largest absolute Gasteiger partial charge is 0.332 e. The number of nitrogens with zero attached hydrogens (tertiary/aromatic N) is 1. The fourth-order valence-corrected chi connectivity index (χ4v) is 2.56. The summed E-state index contributed by atoms with van der Waals surface area (Å²) in [5.74, 6) is 0.535. The Kier molecular flexibility index (Phi) is 3.38. The second-order valence-corrected chi connectivity index (χ2v) is 5.33. The molecule has 1 aliphatic heterocycles. The third-order valence-corrected chi connectivity index (χ3v) is 4.11. The summed E-state index contributed by atoms with van der Waals surface area (Å²) in [6.07, 6.45) is 3.53. The predicted molar refractivity (Wildman–Crippen MR) is 64.4 cm³/mol. The molecule has 0 bridgehead atoms. The van der Waals surface area contributed by atoms with Gasteiger partial charge in [0.2, 0.25) is 0 Å². The lowest BCUT2D eigenvalue weighted by Gasteiger charge is -2.47. The molecule has 0 aromatic rings. The van der Waals surface area contributed by atoms with Gasteiger partial charge in [-0.3, -0.25) is 0 Å². The Hall–Kier alpha value is -0.770. The molecule has 2 aliphatic rings. The normalized spacial score (nSPS) is 24.1. The molecule has 4 nitrogen and oxygen atoms in total. The second-order valence-electron chi connectivity index (χ2n) is 5.33. The Labute approximate surface area is 97.8 Å². The summed E-state index contributed by atoms with van der Waals surface area (Å²) in [4.78, 5) is 14.0. The van der Waals surface area contributed by atoms with E-state index in [1.807, 2.05) is 4.90 Å². The molecule has 4 heteroatoms. The van der Waals surface area contributed by atoms with Crippen molar-refractivity contribution < 1.29 is 4.79 Å². The minimum Gasteiger partial charge on any atom is -0.332 e. The molecule has 0 radical (unpaired) electrons. The zero-order chi connectivity index (χ0) is 11.6. The van der Waals surface area contributed by atoms with Gasteiger partial charge in [0.15, 0.2) is 0 Å². The molecule has 0 aromatic carbocycles. The average Bonchev–Trinajstić information content (AvgIpc) is 2.24. The standard InChI is InChI=1S/C12H23N3O/c1-10(2)12(4-3-5-12)14-11(16)15-8-6-13-7-9-15/h10,13H,3-9H2,1-2H3,(H,14,16). The monoisotopic (exact) mass is 225 g/mol. The van der Waals surface area contributed by atoms with Crippen LogP contribution in [0.25, 0.3) is 0 Å². The van der Waals surface area contributed by atoms with Gasteiger partial charge in [0.05, 0.1) is 0 Å². The van der Waals surface area contributed by atoms with Crippen molar-refractivity contribution in [3.63, 3.8) is 0 Å². The SMILES string of the molecule is CC(C)C1(NC(=O)N2CCNCC2)CCC1. The first-order valence-corrected chi connectivity index (χ1v) is 6.42. The molecule has 0 unspecified atom stereocenters. The number of hydrogen-bond acceptors (Lipinski definition) is 2. The lowest BCUT2D eigenvalue weighted by Crippen LogP contribution is -2.61. The second kappa shape index (κ2) is 4.62. The summed E-state index contributed by atoms with van der Waals surface area (Å²) in [7, 11) is 0. The van der Waals surface area contributed by atoms with Gasteiger partial charge in [-0.05, 0) is 25.2 Å². The van der Waals surface area contributed by atoms with Crippen LogP contribution in [0.15, 0.2) is 0 Å². The van der Waals surface area contributed by atoms with E-state index in [1.54, 1.807) is 0 Å². The van der Waals surface area contributed by atoms with Gasteiger partial charge in [0.1, 0.15) is 0 Å². The van der Waals surface area contributed by atoms with Crippen molar-refractivity contribution in [2.24, 2.45) is 5.92 Å². The number of carbonyl (C=O) groups excluding carboxylic acids is 1. The summed E-state index contributed by atoms with van der Waals surface area (Å²) in [5.41, 5.74) is 0.0853. The van der Waals surface area contributed by atoms with E-state index >= 15 is 0 Å². The molecular formula is C12H23N3O. The van der Waals surface area contributed by atoms with Crippen LogP contribution in [0.1, 0.15) is 33.1 Å².